The number of aliphatic hydroxyl groups excluding tert-OH is 1. The van der Waals surface area contributed by atoms with Crippen molar-refractivity contribution < 1.29 is 19.1 Å². The number of halogens is 1. The first kappa shape index (κ1) is 17.6. The predicted octanol–water partition coefficient (Wildman–Crippen LogP) is 2.12. The van der Waals surface area contributed by atoms with Crippen LogP contribution in [0.5, 0.6) is 0 Å². The number of carbonyl (C=O) groups is 2. The number of benzene rings is 2. The highest BCUT2D eigenvalue weighted by atomic mass is 19.1. The summed E-state index contributed by atoms with van der Waals surface area (Å²) >= 11 is 0. The van der Waals surface area contributed by atoms with Crippen molar-refractivity contribution in [2.24, 2.45) is 0 Å². The van der Waals surface area contributed by atoms with E-state index in [4.69, 9.17) is 0 Å². The van der Waals surface area contributed by atoms with Crippen LogP contribution in [0.15, 0.2) is 48.5 Å². The molecule has 0 saturated carbocycles. The van der Waals surface area contributed by atoms with Gasteiger partial charge in [0.1, 0.15) is 5.82 Å². The topological polar surface area (TPSA) is 78.4 Å². The molecular weight excluding hydrogens is 311 g/mol. The van der Waals surface area contributed by atoms with E-state index in [0.717, 1.165) is 11.6 Å². The second-order valence-electron chi connectivity index (χ2n) is 5.43. The summed E-state index contributed by atoms with van der Waals surface area (Å²) < 4.78 is 13.8. The van der Waals surface area contributed by atoms with Gasteiger partial charge in [0.2, 0.25) is 5.91 Å². The highest BCUT2D eigenvalue weighted by molar-refractivity contribution is 5.97. The Labute approximate surface area is 139 Å². The van der Waals surface area contributed by atoms with Gasteiger partial charge < -0.3 is 15.7 Å². The summed E-state index contributed by atoms with van der Waals surface area (Å²) in [6.07, 6.45) is -0.395. The summed E-state index contributed by atoms with van der Waals surface area (Å²) in [5, 5.41) is 15.0. The third-order valence-electron chi connectivity index (χ3n) is 3.34. The second-order valence-corrected chi connectivity index (χ2v) is 5.43. The minimum Gasteiger partial charge on any atom is -0.391 e. The summed E-state index contributed by atoms with van der Waals surface area (Å²) in [4.78, 5) is 23.1. The van der Waals surface area contributed by atoms with Crippen molar-refractivity contribution in [2.75, 3.05) is 11.9 Å². The lowest BCUT2D eigenvalue weighted by Crippen LogP contribution is -2.33. The number of hydrogen-bond acceptors (Lipinski definition) is 3. The Morgan fingerprint density at radius 3 is 2.54 bits per heavy atom. The van der Waals surface area contributed by atoms with Crippen molar-refractivity contribution in [1.82, 2.24) is 5.32 Å². The third-order valence-corrected chi connectivity index (χ3v) is 3.34. The molecule has 1 unspecified atom stereocenters. The zero-order valence-corrected chi connectivity index (χ0v) is 13.3. The van der Waals surface area contributed by atoms with Gasteiger partial charge in [0, 0.05) is 25.6 Å². The molecule has 0 saturated heterocycles. The van der Waals surface area contributed by atoms with Crippen LogP contribution in [0, 0.1) is 5.82 Å². The van der Waals surface area contributed by atoms with Crippen molar-refractivity contribution in [3.63, 3.8) is 0 Å². The molecule has 2 aromatic carbocycles. The molecule has 2 aromatic rings. The van der Waals surface area contributed by atoms with Crippen LogP contribution < -0.4 is 10.6 Å². The first-order valence-corrected chi connectivity index (χ1v) is 7.53. The molecule has 2 rings (SSSR count). The maximum absolute atomic E-state index is 13.8. The lowest BCUT2D eigenvalue weighted by atomic mass is 10.1. The van der Waals surface area contributed by atoms with Gasteiger partial charge in [-0.15, -0.1) is 0 Å². The molecule has 0 aliphatic rings. The molecule has 3 N–H and O–H groups in total. The fraction of sp³-hybridized carbons (Fsp3) is 0.222. The summed E-state index contributed by atoms with van der Waals surface area (Å²) in [5.41, 5.74) is 1.09. The normalized spacial score (nSPS) is 11.6. The largest absolute Gasteiger partial charge is 0.391 e. The van der Waals surface area contributed by atoms with Crippen molar-refractivity contribution >= 4 is 17.5 Å². The summed E-state index contributed by atoms with van der Waals surface area (Å²) in [6, 6.07) is 13.1. The standard InChI is InChI=1S/C18H19FN2O3/c1-12(22)21-14-7-8-17(19)16(10-14)18(24)20-11-15(23)9-13-5-3-2-4-6-13/h2-8,10,15,23H,9,11H2,1H3,(H,20,24)(H,21,22). The van der Waals surface area contributed by atoms with E-state index in [1.165, 1.54) is 19.1 Å². The van der Waals surface area contributed by atoms with Gasteiger partial charge in [0.15, 0.2) is 0 Å². The Hall–Kier alpha value is -2.73. The molecule has 0 aromatic heterocycles. The number of anilines is 1. The zero-order chi connectivity index (χ0) is 17.5. The van der Waals surface area contributed by atoms with Gasteiger partial charge in [-0.1, -0.05) is 30.3 Å². The van der Waals surface area contributed by atoms with Crippen molar-refractivity contribution in [1.29, 1.82) is 0 Å². The van der Waals surface area contributed by atoms with E-state index in [1.807, 2.05) is 30.3 Å². The smallest absolute Gasteiger partial charge is 0.254 e. The average Bonchev–Trinajstić information content (AvgIpc) is 2.55. The van der Waals surface area contributed by atoms with Crippen LogP contribution in [0.2, 0.25) is 0 Å². The summed E-state index contributed by atoms with van der Waals surface area (Å²) in [6.45, 7) is 1.32. The second kappa shape index (κ2) is 8.21. The van der Waals surface area contributed by atoms with Crippen LogP contribution in [-0.2, 0) is 11.2 Å². The van der Waals surface area contributed by atoms with Crippen LogP contribution >= 0.6 is 0 Å². The molecule has 0 aliphatic heterocycles. The average molecular weight is 330 g/mol. The van der Waals surface area contributed by atoms with E-state index in [9.17, 15) is 19.1 Å². The van der Waals surface area contributed by atoms with Crippen molar-refractivity contribution in [3.8, 4) is 0 Å². The van der Waals surface area contributed by atoms with Crippen molar-refractivity contribution in [3.05, 3.63) is 65.5 Å². The zero-order valence-electron chi connectivity index (χ0n) is 13.3. The molecular formula is C18H19FN2O3. The lowest BCUT2D eigenvalue weighted by molar-refractivity contribution is -0.114. The maximum Gasteiger partial charge on any atom is 0.254 e. The van der Waals surface area contributed by atoms with Gasteiger partial charge in [-0.25, -0.2) is 4.39 Å². The minimum absolute atomic E-state index is 0.00245. The number of carbonyl (C=O) groups excluding carboxylic acids is 2. The first-order chi connectivity index (χ1) is 11.5. The van der Waals surface area contributed by atoms with E-state index >= 15 is 0 Å². The van der Waals surface area contributed by atoms with E-state index < -0.39 is 17.8 Å². The molecule has 0 heterocycles. The maximum atomic E-state index is 13.8. The molecule has 2 amide bonds. The van der Waals surface area contributed by atoms with Crippen LogP contribution in [-0.4, -0.2) is 29.6 Å². The van der Waals surface area contributed by atoms with Gasteiger partial charge in [-0.3, -0.25) is 9.59 Å². The highest BCUT2D eigenvalue weighted by Gasteiger charge is 2.14. The molecule has 0 radical (unpaired) electrons. The van der Waals surface area contributed by atoms with E-state index in [2.05, 4.69) is 10.6 Å². The predicted molar refractivity (Wildman–Crippen MR) is 89.2 cm³/mol. The van der Waals surface area contributed by atoms with Gasteiger partial charge in [0.25, 0.3) is 5.91 Å². The van der Waals surface area contributed by atoms with Crippen LogP contribution in [0.4, 0.5) is 10.1 Å². The molecule has 0 fully saturated rings. The molecule has 5 nitrogen and oxygen atoms in total. The van der Waals surface area contributed by atoms with Gasteiger partial charge in [0.05, 0.1) is 11.7 Å². The highest BCUT2D eigenvalue weighted by Crippen LogP contribution is 2.15. The molecule has 0 bridgehead atoms. The molecule has 126 valence electrons. The Bertz CT molecular complexity index is 719. The molecule has 24 heavy (non-hydrogen) atoms. The number of nitrogens with one attached hydrogen (secondary N) is 2. The monoisotopic (exact) mass is 330 g/mol. The van der Waals surface area contributed by atoms with Crippen molar-refractivity contribution in [2.45, 2.75) is 19.4 Å². The van der Waals surface area contributed by atoms with Crippen LogP contribution in [0.25, 0.3) is 0 Å². The number of amides is 2. The van der Waals surface area contributed by atoms with E-state index in [-0.39, 0.29) is 18.0 Å². The fourth-order valence-electron chi connectivity index (χ4n) is 2.24. The molecule has 0 aliphatic carbocycles. The lowest BCUT2D eigenvalue weighted by Gasteiger charge is -2.13. The molecule has 0 spiro atoms. The summed E-state index contributed by atoms with van der Waals surface area (Å²) in [5.74, 6) is -1.66. The number of rotatable bonds is 6. The SMILES string of the molecule is CC(=O)Nc1ccc(F)c(C(=O)NCC(O)Cc2ccccc2)c1. The van der Waals surface area contributed by atoms with Crippen LogP contribution in [0.1, 0.15) is 22.8 Å². The van der Waals surface area contributed by atoms with Gasteiger partial charge >= 0.3 is 0 Å². The quantitative estimate of drug-likeness (QED) is 0.759. The summed E-state index contributed by atoms with van der Waals surface area (Å²) in [7, 11) is 0. The Kier molecular flexibility index (Phi) is 6.03. The van der Waals surface area contributed by atoms with Gasteiger partial charge in [-0.2, -0.15) is 0 Å². The fourth-order valence-corrected chi connectivity index (χ4v) is 2.24. The number of hydrogen-bond donors (Lipinski definition) is 3. The number of aliphatic hydroxyl groups is 1. The third kappa shape index (κ3) is 5.17. The minimum atomic E-state index is -0.780. The van der Waals surface area contributed by atoms with Crippen LogP contribution in [0.3, 0.4) is 0 Å². The first-order valence-electron chi connectivity index (χ1n) is 7.53. The van der Waals surface area contributed by atoms with Gasteiger partial charge in [-0.05, 0) is 23.8 Å². The van der Waals surface area contributed by atoms with E-state index in [1.54, 1.807) is 0 Å². The molecule has 1 atom stereocenters. The molecule has 6 heteroatoms. The Balaban J connectivity index is 1.95. The Morgan fingerprint density at radius 1 is 1.17 bits per heavy atom. The van der Waals surface area contributed by atoms with E-state index in [0.29, 0.717) is 12.1 Å². The Morgan fingerprint density at radius 2 is 1.88 bits per heavy atom.